The van der Waals surface area contributed by atoms with Gasteiger partial charge in [0, 0.05) is 70.3 Å². The summed E-state index contributed by atoms with van der Waals surface area (Å²) in [5.41, 5.74) is -0.236. The van der Waals surface area contributed by atoms with E-state index in [1.54, 1.807) is 25.2 Å². The second-order valence-corrected chi connectivity index (χ2v) is 16.1. The topological polar surface area (TPSA) is 137 Å². The number of halogens is 1. The Morgan fingerprint density at radius 1 is 1.10 bits per heavy atom. The van der Waals surface area contributed by atoms with E-state index in [9.17, 15) is 19.8 Å². The van der Waals surface area contributed by atoms with Gasteiger partial charge in [-0.15, -0.1) is 0 Å². The lowest BCUT2D eigenvalue weighted by molar-refractivity contribution is -0.225. The number of hydrogen-bond acceptors (Lipinski definition) is 12. The number of fused-ring (bicyclic) bond motifs is 4. The number of pyridine rings is 1. The van der Waals surface area contributed by atoms with Crippen LogP contribution in [-0.4, -0.2) is 102 Å². The van der Waals surface area contributed by atoms with E-state index in [0.29, 0.717) is 16.3 Å². The predicted molar refractivity (Wildman–Crippen MR) is 196 cm³/mol. The normalized spacial score (nSPS) is 35.2. The number of piperazine rings is 1. The summed E-state index contributed by atoms with van der Waals surface area (Å²) in [6.07, 6.45) is 0.603. The Bertz CT molecular complexity index is 1720. The highest BCUT2D eigenvalue weighted by molar-refractivity contribution is 6.33. The third-order valence-electron chi connectivity index (χ3n) is 12.3. The van der Waals surface area contributed by atoms with E-state index in [1.165, 1.54) is 12.0 Å². The van der Waals surface area contributed by atoms with Crippen LogP contribution < -0.4 is 15.3 Å². The molecule has 0 spiro atoms. The molecule has 3 fully saturated rings. The first-order valence-electron chi connectivity index (χ1n) is 18.6. The smallest absolute Gasteiger partial charge is 0.323 e. The molecule has 1 saturated carbocycles. The number of esters is 2. The number of rotatable bonds is 7. The number of nitrogens with zero attached hydrogens (tertiary/aromatic N) is 4. The van der Waals surface area contributed by atoms with Gasteiger partial charge in [-0.3, -0.25) is 29.7 Å². The maximum Gasteiger partial charge on any atom is 0.323 e. The van der Waals surface area contributed by atoms with Crippen LogP contribution in [0.2, 0.25) is 5.02 Å². The van der Waals surface area contributed by atoms with E-state index in [0.717, 1.165) is 62.7 Å². The Morgan fingerprint density at radius 2 is 1.83 bits per heavy atom. The lowest BCUT2D eigenvalue weighted by Gasteiger charge is -2.56. The molecule has 2 aromatic rings. The van der Waals surface area contributed by atoms with E-state index in [-0.39, 0.29) is 30.1 Å². The number of aryl methyl sites for hydroxylation is 1. The number of ether oxygens (including phenoxy) is 2. The van der Waals surface area contributed by atoms with Gasteiger partial charge in [0.05, 0.1) is 10.7 Å². The number of hydrogen-bond donors (Lipinski definition) is 3. The second-order valence-electron chi connectivity index (χ2n) is 15.7. The fourth-order valence-electron chi connectivity index (χ4n) is 9.57. The monoisotopic (exact) mass is 737 g/mol. The van der Waals surface area contributed by atoms with Crippen LogP contribution in [0.3, 0.4) is 0 Å². The summed E-state index contributed by atoms with van der Waals surface area (Å²) < 4.78 is 12.2. The molecule has 2 aliphatic carbocycles. The number of aromatic nitrogens is 1. The molecule has 0 amide bonds. The quantitative estimate of drug-likeness (QED) is 0.281. The van der Waals surface area contributed by atoms with Crippen LogP contribution in [0.1, 0.15) is 58.2 Å². The fourth-order valence-corrected chi connectivity index (χ4v) is 9.86. The average Bonchev–Trinajstić information content (AvgIpc) is 3.45. The highest BCUT2D eigenvalue weighted by Crippen LogP contribution is 2.53. The van der Waals surface area contributed by atoms with Crippen molar-refractivity contribution in [2.75, 3.05) is 49.7 Å². The number of carbonyl (C=O) groups excluding carboxylic acids is 2. The highest BCUT2D eigenvalue weighted by atomic mass is 35.5. The molecular weight excluding hydrogens is 686 g/mol. The van der Waals surface area contributed by atoms with E-state index in [4.69, 9.17) is 30.9 Å². The molecule has 7 rings (SSSR count). The van der Waals surface area contributed by atoms with Gasteiger partial charge in [0.2, 0.25) is 0 Å². The standard InChI is InChI=1S/C39H52ClN5O7/c1-22-19-29-27(23(2)21-44-15-17-45(18-16-44)32-12-7-9-25(4)41-32)14-13-24(3)39(29,49)35(34(22)50-26(5)46)51-36(47)31-20-38(48)28-10-8-11-30(40)33(28)43(6)52-37(38)42-31/h7-12,19,23-24,27,29,31,34-35,37,42,48-49H,13-18,20-21H2,1-6H3/t23?,24-,27+,29-,31+,34-,35+,37-,38-,39-/m1/s1. The van der Waals surface area contributed by atoms with E-state index in [2.05, 4.69) is 40.2 Å². The van der Waals surface area contributed by atoms with Gasteiger partial charge in [0.15, 0.2) is 18.4 Å². The molecule has 0 bridgehead atoms. The number of benzene rings is 1. The molecule has 4 heterocycles. The molecule has 1 aromatic carbocycles. The Labute approximate surface area is 311 Å². The zero-order valence-electron chi connectivity index (χ0n) is 30.9. The maximum atomic E-state index is 14.2. The number of nitrogens with one attached hydrogen (secondary N) is 1. The number of carbonyl (C=O) groups is 2. The highest BCUT2D eigenvalue weighted by Gasteiger charge is 2.62. The van der Waals surface area contributed by atoms with Crippen molar-refractivity contribution in [3.63, 3.8) is 0 Å². The van der Waals surface area contributed by atoms with Crippen LogP contribution in [-0.2, 0) is 29.5 Å². The number of para-hydroxylation sites is 1. The van der Waals surface area contributed by atoms with Crippen molar-refractivity contribution in [1.29, 1.82) is 0 Å². The summed E-state index contributed by atoms with van der Waals surface area (Å²) in [7, 11) is 1.69. The molecule has 13 heteroatoms. The van der Waals surface area contributed by atoms with Gasteiger partial charge in [0.1, 0.15) is 23.1 Å². The van der Waals surface area contributed by atoms with Crippen molar-refractivity contribution in [2.24, 2.45) is 23.7 Å². The minimum Gasteiger partial charge on any atom is -0.454 e. The van der Waals surface area contributed by atoms with Crippen LogP contribution in [0.15, 0.2) is 48.0 Å². The number of aliphatic hydroxyl groups is 2. The Kier molecular flexibility index (Phi) is 10.1. The van der Waals surface area contributed by atoms with Gasteiger partial charge in [-0.2, -0.15) is 0 Å². The molecular formula is C39H52ClN5O7. The van der Waals surface area contributed by atoms with Gasteiger partial charge in [0.25, 0.3) is 0 Å². The van der Waals surface area contributed by atoms with Gasteiger partial charge in [-0.1, -0.05) is 49.7 Å². The summed E-state index contributed by atoms with van der Waals surface area (Å²) in [6, 6.07) is 10.4. The van der Waals surface area contributed by atoms with Crippen LogP contribution >= 0.6 is 11.6 Å². The predicted octanol–water partition coefficient (Wildman–Crippen LogP) is 3.96. The maximum absolute atomic E-state index is 14.2. The Hall–Kier alpha value is -3.26. The first-order chi connectivity index (χ1) is 24.7. The zero-order valence-corrected chi connectivity index (χ0v) is 31.7. The Morgan fingerprint density at radius 3 is 2.54 bits per heavy atom. The molecule has 282 valence electrons. The van der Waals surface area contributed by atoms with Crippen molar-refractivity contribution >= 4 is 35.0 Å². The molecule has 52 heavy (non-hydrogen) atoms. The molecule has 1 unspecified atom stereocenters. The lowest BCUT2D eigenvalue weighted by Crippen LogP contribution is -2.66. The molecule has 12 nitrogen and oxygen atoms in total. The van der Waals surface area contributed by atoms with Crippen molar-refractivity contribution in [3.05, 3.63) is 64.3 Å². The van der Waals surface area contributed by atoms with Gasteiger partial charge in [-0.25, -0.2) is 4.98 Å². The molecule has 2 saturated heterocycles. The summed E-state index contributed by atoms with van der Waals surface area (Å²) in [5.74, 6) is -0.425. The Balaban J connectivity index is 1.10. The van der Waals surface area contributed by atoms with Crippen LogP contribution in [0, 0.1) is 30.6 Å². The molecule has 3 N–H and O–H groups in total. The molecule has 5 aliphatic rings. The zero-order chi connectivity index (χ0) is 37.1. The number of hydroxylamine groups is 1. The first kappa shape index (κ1) is 37.1. The molecule has 1 aromatic heterocycles. The van der Waals surface area contributed by atoms with Crippen LogP contribution in [0.25, 0.3) is 0 Å². The van der Waals surface area contributed by atoms with Crippen molar-refractivity contribution < 1.29 is 34.1 Å². The van der Waals surface area contributed by atoms with Crippen LogP contribution in [0.4, 0.5) is 11.5 Å². The average molecular weight is 738 g/mol. The van der Waals surface area contributed by atoms with Gasteiger partial charge in [-0.05, 0) is 68.2 Å². The van der Waals surface area contributed by atoms with Crippen molar-refractivity contribution in [3.8, 4) is 0 Å². The van der Waals surface area contributed by atoms with E-state index < -0.39 is 47.6 Å². The van der Waals surface area contributed by atoms with Gasteiger partial charge >= 0.3 is 11.9 Å². The van der Waals surface area contributed by atoms with Gasteiger partial charge < -0.3 is 24.6 Å². The van der Waals surface area contributed by atoms with Crippen molar-refractivity contribution in [2.45, 2.75) is 89.6 Å². The third kappa shape index (κ3) is 6.49. The second kappa shape index (κ2) is 14.2. The molecule has 0 radical (unpaired) electrons. The summed E-state index contributed by atoms with van der Waals surface area (Å²) in [6.45, 7) is 13.9. The first-order valence-corrected chi connectivity index (χ1v) is 19.0. The van der Waals surface area contributed by atoms with Crippen molar-refractivity contribution in [1.82, 2.24) is 15.2 Å². The fraction of sp³-hybridized carbons (Fsp3) is 0.615. The number of anilines is 2. The summed E-state index contributed by atoms with van der Waals surface area (Å²) in [4.78, 5) is 42.1. The molecule has 10 atom stereocenters. The minimum atomic E-state index is -1.56. The lowest BCUT2D eigenvalue weighted by atomic mass is 9.55. The SMILES string of the molecule is CC(=O)O[C@@H]1C(C)=C[C@@H]2[C@H](C(C)CN3CCN(c4cccc(C)n4)CC3)CC[C@@H](C)[C@]2(O)[C@H]1OC(=O)[C@@H]1C[C@@]2(O)c3cccc(Cl)c3N(C)O[C@H]2N1. The largest absolute Gasteiger partial charge is 0.454 e. The summed E-state index contributed by atoms with van der Waals surface area (Å²) in [5, 5.41) is 29.9. The van der Waals surface area contributed by atoms with E-state index >= 15 is 0 Å². The van der Waals surface area contributed by atoms with Crippen LogP contribution in [0.5, 0.6) is 0 Å². The summed E-state index contributed by atoms with van der Waals surface area (Å²) >= 11 is 6.48. The third-order valence-corrected chi connectivity index (χ3v) is 12.6. The van der Waals surface area contributed by atoms with E-state index in [1.807, 2.05) is 26.8 Å². The minimum absolute atomic E-state index is 0.0399. The molecule has 3 aliphatic heterocycles.